The van der Waals surface area contributed by atoms with E-state index in [0.717, 1.165) is 16.0 Å². The minimum Gasteiger partial charge on any atom is -0.340 e. The molecule has 0 amide bonds. The summed E-state index contributed by atoms with van der Waals surface area (Å²) in [6, 6.07) is 8.48. The Balaban J connectivity index is 2.36. The van der Waals surface area contributed by atoms with Crippen molar-refractivity contribution in [1.82, 2.24) is 4.98 Å². The summed E-state index contributed by atoms with van der Waals surface area (Å²) >= 11 is 3.40. The summed E-state index contributed by atoms with van der Waals surface area (Å²) in [5.41, 5.74) is 5.18. The average molecular weight is 333 g/mol. The number of hydrogen-bond donors (Lipinski definition) is 1. The second-order valence-electron chi connectivity index (χ2n) is 6.22. The molecule has 0 radical (unpaired) electrons. The molecule has 0 saturated heterocycles. The summed E-state index contributed by atoms with van der Waals surface area (Å²) in [6.07, 6.45) is 1.80. The smallest absolute Gasteiger partial charge is 0.130 e. The minimum atomic E-state index is 0.171. The van der Waals surface area contributed by atoms with Crippen molar-refractivity contribution >= 4 is 27.4 Å². The Morgan fingerprint density at radius 1 is 1.05 bits per heavy atom. The van der Waals surface area contributed by atoms with Crippen molar-refractivity contribution in [2.24, 2.45) is 0 Å². The zero-order valence-electron chi connectivity index (χ0n) is 12.7. The number of nitrogens with zero attached hydrogens (tertiary/aromatic N) is 1. The number of anilines is 2. The number of benzene rings is 1. The van der Waals surface area contributed by atoms with E-state index in [4.69, 9.17) is 0 Å². The van der Waals surface area contributed by atoms with Crippen molar-refractivity contribution in [1.29, 1.82) is 0 Å². The maximum atomic E-state index is 4.37. The molecule has 106 valence electrons. The molecule has 2 nitrogen and oxygen atoms in total. The van der Waals surface area contributed by atoms with E-state index in [-0.39, 0.29) is 5.41 Å². The third-order valence-corrected chi connectivity index (χ3v) is 3.85. The molecule has 0 aliphatic rings. The van der Waals surface area contributed by atoms with Crippen molar-refractivity contribution in [2.75, 3.05) is 5.32 Å². The number of hydrogen-bond acceptors (Lipinski definition) is 2. The molecule has 0 aliphatic heterocycles. The monoisotopic (exact) mass is 332 g/mol. The van der Waals surface area contributed by atoms with E-state index in [2.05, 4.69) is 73.0 Å². The number of aromatic nitrogens is 1. The zero-order valence-corrected chi connectivity index (χ0v) is 14.3. The van der Waals surface area contributed by atoms with E-state index < -0.39 is 0 Å². The van der Waals surface area contributed by atoms with E-state index in [0.29, 0.717) is 0 Å². The van der Waals surface area contributed by atoms with Crippen LogP contribution in [0.4, 0.5) is 11.5 Å². The lowest BCUT2D eigenvalue weighted by molar-refractivity contribution is 0.589. The first-order valence-corrected chi connectivity index (χ1v) is 7.57. The second-order valence-corrected chi connectivity index (χ2v) is 7.14. The van der Waals surface area contributed by atoms with Gasteiger partial charge in [0.25, 0.3) is 0 Å². The van der Waals surface area contributed by atoms with Gasteiger partial charge in [0.05, 0.1) is 0 Å². The standard InChI is InChI=1S/C17H21BrN2/c1-11-8-13(17(3,4)5)9-12(2)16(11)20-15-7-6-14(18)10-19-15/h6-10H,1-5H3,(H,19,20). The molecular weight excluding hydrogens is 312 g/mol. The van der Waals surface area contributed by atoms with Gasteiger partial charge < -0.3 is 5.32 Å². The van der Waals surface area contributed by atoms with Crippen LogP contribution in [0.15, 0.2) is 34.9 Å². The Labute approximate surface area is 129 Å². The van der Waals surface area contributed by atoms with Crippen molar-refractivity contribution in [3.05, 3.63) is 51.6 Å². The molecule has 2 aromatic rings. The van der Waals surface area contributed by atoms with Crippen molar-refractivity contribution in [3.63, 3.8) is 0 Å². The van der Waals surface area contributed by atoms with E-state index in [1.165, 1.54) is 16.7 Å². The van der Waals surface area contributed by atoms with Crippen molar-refractivity contribution in [3.8, 4) is 0 Å². The number of pyridine rings is 1. The molecule has 2 rings (SSSR count). The normalized spacial score (nSPS) is 11.5. The Hall–Kier alpha value is -1.35. The summed E-state index contributed by atoms with van der Waals surface area (Å²) in [5, 5.41) is 3.41. The Morgan fingerprint density at radius 3 is 2.10 bits per heavy atom. The molecule has 1 aromatic carbocycles. The molecule has 0 saturated carbocycles. The number of nitrogens with one attached hydrogen (secondary N) is 1. The van der Waals surface area contributed by atoms with E-state index in [1.807, 2.05) is 12.1 Å². The minimum absolute atomic E-state index is 0.171. The van der Waals surface area contributed by atoms with Crippen LogP contribution in [0.3, 0.4) is 0 Å². The highest BCUT2D eigenvalue weighted by molar-refractivity contribution is 9.10. The molecule has 0 unspecified atom stereocenters. The van der Waals surface area contributed by atoms with Crippen LogP contribution in [-0.4, -0.2) is 4.98 Å². The van der Waals surface area contributed by atoms with Crippen molar-refractivity contribution < 1.29 is 0 Å². The maximum absolute atomic E-state index is 4.37. The molecule has 0 spiro atoms. The highest BCUT2D eigenvalue weighted by Crippen LogP contribution is 2.31. The molecule has 0 bridgehead atoms. The van der Waals surface area contributed by atoms with Gasteiger partial charge >= 0.3 is 0 Å². The van der Waals surface area contributed by atoms with Gasteiger partial charge in [0.2, 0.25) is 0 Å². The molecule has 3 heteroatoms. The molecule has 1 aromatic heterocycles. The molecule has 0 fully saturated rings. The third kappa shape index (κ3) is 3.40. The fourth-order valence-electron chi connectivity index (χ4n) is 2.17. The van der Waals surface area contributed by atoms with Crippen LogP contribution >= 0.6 is 15.9 Å². The Kier molecular flexibility index (Phi) is 4.19. The SMILES string of the molecule is Cc1cc(C(C)(C)C)cc(C)c1Nc1ccc(Br)cn1. The first-order chi connectivity index (χ1) is 9.27. The van der Waals surface area contributed by atoms with Gasteiger partial charge in [0.15, 0.2) is 0 Å². The third-order valence-electron chi connectivity index (χ3n) is 3.38. The van der Waals surface area contributed by atoms with Gasteiger partial charge in [-0.2, -0.15) is 0 Å². The number of aryl methyl sites for hydroxylation is 2. The fraction of sp³-hybridized carbons (Fsp3) is 0.353. The van der Waals surface area contributed by atoms with Crippen LogP contribution in [0.5, 0.6) is 0 Å². The summed E-state index contributed by atoms with van der Waals surface area (Å²) in [5.74, 6) is 0.864. The van der Waals surface area contributed by atoms with Crippen LogP contribution in [0.1, 0.15) is 37.5 Å². The number of halogens is 1. The van der Waals surface area contributed by atoms with Crippen molar-refractivity contribution in [2.45, 2.75) is 40.0 Å². The Morgan fingerprint density at radius 2 is 1.65 bits per heavy atom. The highest BCUT2D eigenvalue weighted by Gasteiger charge is 2.16. The zero-order chi connectivity index (χ0) is 14.9. The van der Waals surface area contributed by atoms with Gasteiger partial charge in [-0.25, -0.2) is 4.98 Å². The lowest BCUT2D eigenvalue weighted by Crippen LogP contribution is -2.12. The van der Waals surface area contributed by atoms with Crippen LogP contribution in [0.25, 0.3) is 0 Å². The summed E-state index contributed by atoms with van der Waals surface area (Å²) in [4.78, 5) is 4.37. The summed E-state index contributed by atoms with van der Waals surface area (Å²) < 4.78 is 0.986. The average Bonchev–Trinajstić information content (AvgIpc) is 2.34. The van der Waals surface area contributed by atoms with E-state index >= 15 is 0 Å². The highest BCUT2D eigenvalue weighted by atomic mass is 79.9. The fourth-order valence-corrected chi connectivity index (χ4v) is 2.41. The second kappa shape index (κ2) is 5.57. The van der Waals surface area contributed by atoms with E-state index in [9.17, 15) is 0 Å². The van der Waals surface area contributed by atoms with Gasteiger partial charge in [-0.1, -0.05) is 32.9 Å². The first-order valence-electron chi connectivity index (χ1n) is 6.77. The van der Waals surface area contributed by atoms with Gasteiger partial charge in [-0.3, -0.25) is 0 Å². The quantitative estimate of drug-likeness (QED) is 0.785. The lowest BCUT2D eigenvalue weighted by atomic mass is 9.85. The molecular formula is C17H21BrN2. The Bertz CT molecular complexity index is 587. The first kappa shape index (κ1) is 15.0. The van der Waals surface area contributed by atoms with Crippen LogP contribution < -0.4 is 5.32 Å². The van der Waals surface area contributed by atoms with Crippen LogP contribution in [0.2, 0.25) is 0 Å². The molecule has 0 atom stereocenters. The summed E-state index contributed by atoms with van der Waals surface area (Å²) in [6.45, 7) is 11.0. The van der Waals surface area contributed by atoms with Gasteiger partial charge in [-0.15, -0.1) is 0 Å². The molecule has 20 heavy (non-hydrogen) atoms. The lowest BCUT2D eigenvalue weighted by Gasteiger charge is -2.22. The van der Waals surface area contributed by atoms with Gasteiger partial charge in [0.1, 0.15) is 5.82 Å². The number of rotatable bonds is 2. The molecule has 1 N–H and O–H groups in total. The van der Waals surface area contributed by atoms with Gasteiger partial charge in [-0.05, 0) is 64.0 Å². The maximum Gasteiger partial charge on any atom is 0.130 e. The largest absolute Gasteiger partial charge is 0.340 e. The van der Waals surface area contributed by atoms with Gasteiger partial charge in [0, 0.05) is 16.4 Å². The molecule has 1 heterocycles. The predicted molar refractivity (Wildman–Crippen MR) is 89.8 cm³/mol. The molecule has 0 aliphatic carbocycles. The summed E-state index contributed by atoms with van der Waals surface area (Å²) in [7, 11) is 0. The van der Waals surface area contributed by atoms with Crippen LogP contribution in [-0.2, 0) is 5.41 Å². The van der Waals surface area contributed by atoms with E-state index in [1.54, 1.807) is 6.20 Å². The van der Waals surface area contributed by atoms with Crippen LogP contribution in [0, 0.1) is 13.8 Å². The topological polar surface area (TPSA) is 24.9 Å². The predicted octanol–water partition coefficient (Wildman–Crippen LogP) is 5.50.